The zero-order chi connectivity index (χ0) is 28.0. The minimum atomic E-state index is -1.31. The van der Waals surface area contributed by atoms with E-state index in [1.165, 1.54) is 13.0 Å². The van der Waals surface area contributed by atoms with Gasteiger partial charge in [-0.05, 0) is 74.3 Å². The summed E-state index contributed by atoms with van der Waals surface area (Å²) in [6, 6.07) is 9.46. The largest absolute Gasteiger partial charge is 0.458 e. The second-order valence-electron chi connectivity index (χ2n) is 12.0. The number of aliphatic hydroxyl groups is 3. The molecule has 206 valence electrons. The van der Waals surface area contributed by atoms with E-state index in [0.29, 0.717) is 36.0 Å². The number of benzene rings is 1. The summed E-state index contributed by atoms with van der Waals surface area (Å²) in [5.41, 5.74) is -0.320. The Morgan fingerprint density at radius 3 is 2.37 bits per heavy atom. The molecule has 0 unspecified atom stereocenters. The molecule has 3 N–H and O–H groups in total. The number of hydrogen-bond acceptors (Lipinski definition) is 7. The predicted molar refractivity (Wildman–Crippen MR) is 144 cm³/mol. The van der Waals surface area contributed by atoms with Crippen LogP contribution in [0.2, 0.25) is 0 Å². The molecule has 0 aromatic heterocycles. The summed E-state index contributed by atoms with van der Waals surface area (Å²) in [4.78, 5) is 24.6. The Hall–Kier alpha value is -2.74. The Kier molecular flexibility index (Phi) is 7.51. The second kappa shape index (κ2) is 10.1. The highest BCUT2D eigenvalue weighted by atomic mass is 16.5. The summed E-state index contributed by atoms with van der Waals surface area (Å²) in [6.07, 6.45) is 1.10. The van der Waals surface area contributed by atoms with Crippen molar-refractivity contribution >= 4 is 18.0 Å². The van der Waals surface area contributed by atoms with Gasteiger partial charge in [-0.3, -0.25) is 4.79 Å². The Balaban J connectivity index is 1.67. The third-order valence-corrected chi connectivity index (χ3v) is 9.33. The Morgan fingerprint density at radius 1 is 1.11 bits per heavy atom. The molecule has 38 heavy (non-hydrogen) atoms. The van der Waals surface area contributed by atoms with Gasteiger partial charge >= 0.3 is 11.9 Å². The van der Waals surface area contributed by atoms with Crippen LogP contribution in [0.5, 0.6) is 0 Å². The summed E-state index contributed by atoms with van der Waals surface area (Å²) in [7, 11) is 0. The maximum atomic E-state index is 12.7. The maximum absolute atomic E-state index is 12.7. The van der Waals surface area contributed by atoms with E-state index >= 15 is 0 Å². The fourth-order valence-electron chi connectivity index (χ4n) is 7.08. The molecular formula is C31H40O7. The average Bonchev–Trinajstić information content (AvgIpc) is 3.09. The molecule has 0 bridgehead atoms. The van der Waals surface area contributed by atoms with Crippen molar-refractivity contribution in [2.45, 2.75) is 90.3 Å². The van der Waals surface area contributed by atoms with Crippen LogP contribution in [0, 0.1) is 16.7 Å². The number of fused-ring (bicyclic) bond motifs is 2. The first-order valence-corrected chi connectivity index (χ1v) is 13.3. The van der Waals surface area contributed by atoms with Crippen LogP contribution in [0.15, 0.2) is 59.7 Å². The smallest absolute Gasteiger partial charge is 0.331 e. The molecule has 2 fully saturated rings. The Labute approximate surface area is 224 Å². The van der Waals surface area contributed by atoms with Gasteiger partial charge in [0.2, 0.25) is 0 Å². The van der Waals surface area contributed by atoms with Gasteiger partial charge in [-0.1, -0.05) is 43.8 Å². The molecule has 1 aromatic rings. The van der Waals surface area contributed by atoms with Crippen molar-refractivity contribution in [1.29, 1.82) is 0 Å². The summed E-state index contributed by atoms with van der Waals surface area (Å²) >= 11 is 0. The van der Waals surface area contributed by atoms with Crippen LogP contribution in [0.25, 0.3) is 6.08 Å². The number of carbonyl (C=O) groups is 2. The molecule has 3 aliphatic rings. The molecule has 7 heteroatoms. The molecule has 0 spiro atoms. The van der Waals surface area contributed by atoms with Gasteiger partial charge in [0.15, 0.2) is 0 Å². The molecule has 2 saturated carbocycles. The quantitative estimate of drug-likeness (QED) is 0.302. The van der Waals surface area contributed by atoms with Crippen LogP contribution in [-0.4, -0.2) is 57.3 Å². The first-order chi connectivity index (χ1) is 17.7. The maximum Gasteiger partial charge on any atom is 0.331 e. The molecule has 1 aromatic carbocycles. The van der Waals surface area contributed by atoms with Crippen LogP contribution >= 0.6 is 0 Å². The van der Waals surface area contributed by atoms with Gasteiger partial charge in [0.1, 0.15) is 18.3 Å². The molecular weight excluding hydrogens is 484 g/mol. The summed E-state index contributed by atoms with van der Waals surface area (Å²) in [6.45, 7) is 12.8. The molecule has 3 aliphatic carbocycles. The molecule has 7 nitrogen and oxygen atoms in total. The zero-order valence-electron chi connectivity index (χ0n) is 22.9. The topological polar surface area (TPSA) is 113 Å². The summed E-state index contributed by atoms with van der Waals surface area (Å²) in [5, 5.41) is 34.7. The standard InChI is InChI=1S/C31H40O7/c1-18-22-16-31(29(4,5)36)17-24(37-20(3)32)19(2)26(31)27(34)28(35)30(22,6)15-14-23(18)38-25(33)13-12-21-10-8-7-9-11-21/h7-13,22-24,27-28,34-36H,1,14-17H2,2-6H3/b13-12+/t22-,23-,24-,27+,28-,30+,31-/m0/s1. The Morgan fingerprint density at radius 2 is 1.76 bits per heavy atom. The van der Waals surface area contributed by atoms with E-state index < -0.39 is 52.8 Å². The molecule has 7 atom stereocenters. The van der Waals surface area contributed by atoms with E-state index in [9.17, 15) is 24.9 Å². The normalized spacial score (nSPS) is 35.5. The number of hydrogen-bond donors (Lipinski definition) is 3. The third kappa shape index (κ3) is 4.76. The van der Waals surface area contributed by atoms with Crippen molar-refractivity contribution < 1.29 is 34.4 Å². The van der Waals surface area contributed by atoms with E-state index in [-0.39, 0.29) is 12.3 Å². The number of ether oxygens (including phenoxy) is 2. The number of esters is 2. The Bertz CT molecular complexity index is 1160. The highest BCUT2D eigenvalue weighted by Gasteiger charge is 2.64. The van der Waals surface area contributed by atoms with Crippen molar-refractivity contribution in [1.82, 2.24) is 0 Å². The van der Waals surface area contributed by atoms with Crippen LogP contribution in [0.3, 0.4) is 0 Å². The minimum Gasteiger partial charge on any atom is -0.458 e. The monoisotopic (exact) mass is 524 g/mol. The van der Waals surface area contributed by atoms with Gasteiger partial charge < -0.3 is 24.8 Å². The fraction of sp³-hybridized carbons (Fsp3) is 0.548. The molecule has 0 aliphatic heterocycles. The second-order valence-corrected chi connectivity index (χ2v) is 12.0. The fourth-order valence-corrected chi connectivity index (χ4v) is 7.08. The first-order valence-electron chi connectivity index (χ1n) is 13.3. The average molecular weight is 525 g/mol. The van der Waals surface area contributed by atoms with Crippen molar-refractivity contribution in [2.75, 3.05) is 0 Å². The molecule has 0 heterocycles. The number of carbonyl (C=O) groups excluding carboxylic acids is 2. The zero-order valence-corrected chi connectivity index (χ0v) is 22.9. The van der Waals surface area contributed by atoms with E-state index in [4.69, 9.17) is 9.47 Å². The third-order valence-electron chi connectivity index (χ3n) is 9.33. The van der Waals surface area contributed by atoms with Gasteiger partial charge in [-0.15, -0.1) is 0 Å². The van der Waals surface area contributed by atoms with Gasteiger partial charge in [0.25, 0.3) is 0 Å². The van der Waals surface area contributed by atoms with Gasteiger partial charge in [0, 0.05) is 30.3 Å². The molecule has 0 radical (unpaired) electrons. The SMILES string of the molecule is C=C1[C@@H](OC(=O)/C=C/c2ccccc2)CC[C@]2(C)[C@H]1C[C@]1(C(C)(C)O)C[C@H](OC(C)=O)C(C)=C1[C@@H](O)[C@@H]2O. The van der Waals surface area contributed by atoms with E-state index in [0.717, 1.165) is 5.56 Å². The van der Waals surface area contributed by atoms with Crippen molar-refractivity contribution in [2.24, 2.45) is 16.7 Å². The van der Waals surface area contributed by atoms with E-state index in [1.807, 2.05) is 37.3 Å². The minimum absolute atomic E-state index is 0.283. The van der Waals surface area contributed by atoms with Crippen molar-refractivity contribution in [3.05, 3.63) is 65.3 Å². The lowest BCUT2D eigenvalue weighted by Crippen LogP contribution is -2.50. The van der Waals surface area contributed by atoms with Crippen LogP contribution in [0.1, 0.15) is 65.9 Å². The van der Waals surface area contributed by atoms with Crippen LogP contribution < -0.4 is 0 Å². The van der Waals surface area contributed by atoms with Crippen LogP contribution in [0.4, 0.5) is 0 Å². The van der Waals surface area contributed by atoms with E-state index in [1.54, 1.807) is 26.8 Å². The lowest BCUT2D eigenvalue weighted by Gasteiger charge is -2.50. The van der Waals surface area contributed by atoms with Gasteiger partial charge in [-0.2, -0.15) is 0 Å². The van der Waals surface area contributed by atoms with Crippen molar-refractivity contribution in [3.63, 3.8) is 0 Å². The first kappa shape index (κ1) is 28.3. The lowest BCUT2D eigenvalue weighted by molar-refractivity contribution is -0.147. The van der Waals surface area contributed by atoms with E-state index in [2.05, 4.69) is 6.58 Å². The highest BCUT2D eigenvalue weighted by Crippen LogP contribution is 2.64. The highest BCUT2D eigenvalue weighted by molar-refractivity contribution is 5.87. The summed E-state index contributed by atoms with van der Waals surface area (Å²) in [5.74, 6) is -1.30. The number of aliphatic hydroxyl groups excluding tert-OH is 2. The van der Waals surface area contributed by atoms with Crippen molar-refractivity contribution in [3.8, 4) is 0 Å². The van der Waals surface area contributed by atoms with Gasteiger partial charge in [0.05, 0.1) is 11.7 Å². The number of rotatable bonds is 5. The molecule has 4 rings (SSSR count). The van der Waals surface area contributed by atoms with Crippen LogP contribution in [-0.2, 0) is 19.1 Å². The predicted octanol–water partition coefficient (Wildman–Crippen LogP) is 4.12. The molecule has 0 saturated heterocycles. The lowest BCUT2D eigenvalue weighted by atomic mass is 9.57. The molecule has 0 amide bonds. The summed E-state index contributed by atoms with van der Waals surface area (Å²) < 4.78 is 11.4. The van der Waals surface area contributed by atoms with Gasteiger partial charge in [-0.25, -0.2) is 4.79 Å².